The molecular weight excluding hydrogens is 248 g/mol. The van der Waals surface area contributed by atoms with Crippen LogP contribution in [0.25, 0.3) is 0 Å². The van der Waals surface area contributed by atoms with Crippen molar-refractivity contribution in [2.75, 3.05) is 27.2 Å². The molecule has 0 saturated carbocycles. The number of carbonyl (C=O) groups excluding carboxylic acids is 1. The summed E-state index contributed by atoms with van der Waals surface area (Å²) >= 11 is 0. The van der Waals surface area contributed by atoms with Crippen molar-refractivity contribution >= 4 is 6.09 Å². The number of hydrogen-bond donors (Lipinski definition) is 1. The normalized spacial score (nSPS) is 19.6. The number of piperidine rings is 1. The van der Waals surface area contributed by atoms with Crippen LogP contribution in [0.4, 0.5) is 4.79 Å². The maximum atomic E-state index is 11.9. The molecule has 19 heavy (non-hydrogen) atoms. The van der Waals surface area contributed by atoms with Crippen molar-refractivity contribution < 1.29 is 19.5 Å². The summed E-state index contributed by atoms with van der Waals surface area (Å²) in [6.45, 7) is 6.78. The van der Waals surface area contributed by atoms with Gasteiger partial charge < -0.3 is 19.6 Å². The second kappa shape index (κ2) is 6.54. The van der Waals surface area contributed by atoms with Crippen LogP contribution in [0.3, 0.4) is 0 Å². The number of amides is 1. The van der Waals surface area contributed by atoms with Gasteiger partial charge in [-0.05, 0) is 33.6 Å². The lowest BCUT2D eigenvalue weighted by Gasteiger charge is -2.36. The largest absolute Gasteiger partial charge is 0.444 e. The molecule has 0 aromatic heterocycles. The quantitative estimate of drug-likeness (QED) is 0.623. The van der Waals surface area contributed by atoms with Gasteiger partial charge in [0.1, 0.15) is 11.8 Å². The van der Waals surface area contributed by atoms with Crippen LogP contribution in [0.1, 0.15) is 33.6 Å². The molecule has 1 amide bonds. The third kappa shape index (κ3) is 4.97. The maximum absolute atomic E-state index is 11.9. The molecule has 1 rings (SSSR count). The topological polar surface area (TPSA) is 62.2 Å². The molecule has 1 saturated heterocycles. The number of ether oxygens (including phenoxy) is 1. The molecule has 6 heteroatoms. The van der Waals surface area contributed by atoms with E-state index in [1.807, 2.05) is 20.8 Å². The summed E-state index contributed by atoms with van der Waals surface area (Å²) in [5.41, 5.74) is -0.469. The lowest BCUT2D eigenvalue weighted by Crippen LogP contribution is -2.46. The zero-order chi connectivity index (χ0) is 14.6. The number of nitrogens with zero attached hydrogens (tertiary/aromatic N) is 2. The smallest absolute Gasteiger partial charge is 0.410 e. The van der Waals surface area contributed by atoms with Gasteiger partial charge in [0.2, 0.25) is 0 Å². The SMILES string of the molecule is CON(C)C(O)C1CCN(C(=O)OC(C)(C)C)CC1. The van der Waals surface area contributed by atoms with E-state index in [9.17, 15) is 9.90 Å². The summed E-state index contributed by atoms with van der Waals surface area (Å²) in [7, 11) is 3.23. The molecule has 112 valence electrons. The van der Waals surface area contributed by atoms with Gasteiger partial charge in [0.25, 0.3) is 0 Å². The number of hydrogen-bond acceptors (Lipinski definition) is 5. The van der Waals surface area contributed by atoms with Crippen LogP contribution in [0.2, 0.25) is 0 Å². The van der Waals surface area contributed by atoms with Crippen molar-refractivity contribution in [1.82, 2.24) is 9.96 Å². The molecule has 1 unspecified atom stereocenters. The number of hydroxylamine groups is 2. The highest BCUT2D eigenvalue weighted by atomic mass is 16.7. The molecule has 0 aromatic rings. The van der Waals surface area contributed by atoms with Crippen LogP contribution in [-0.2, 0) is 9.57 Å². The summed E-state index contributed by atoms with van der Waals surface area (Å²) < 4.78 is 5.33. The number of likely N-dealkylation sites (tertiary alicyclic amines) is 1. The average Bonchev–Trinajstić information content (AvgIpc) is 2.35. The van der Waals surface area contributed by atoms with Crippen LogP contribution in [0.5, 0.6) is 0 Å². The second-order valence-electron chi connectivity index (χ2n) is 5.95. The number of rotatable bonds is 3. The van der Waals surface area contributed by atoms with Crippen LogP contribution in [-0.4, -0.2) is 60.2 Å². The fourth-order valence-electron chi connectivity index (χ4n) is 2.11. The zero-order valence-electron chi connectivity index (χ0n) is 12.5. The third-order valence-electron chi connectivity index (χ3n) is 3.27. The van der Waals surface area contributed by atoms with Gasteiger partial charge in [0, 0.05) is 26.1 Å². The van der Waals surface area contributed by atoms with E-state index in [0.717, 1.165) is 12.8 Å². The number of aliphatic hydroxyl groups is 1. The molecule has 1 aliphatic rings. The zero-order valence-corrected chi connectivity index (χ0v) is 12.5. The Hall–Kier alpha value is -0.850. The van der Waals surface area contributed by atoms with Gasteiger partial charge in [0.05, 0.1) is 7.11 Å². The molecule has 1 aliphatic heterocycles. The minimum absolute atomic E-state index is 0.114. The van der Waals surface area contributed by atoms with Crippen LogP contribution in [0, 0.1) is 5.92 Å². The Balaban J connectivity index is 2.42. The van der Waals surface area contributed by atoms with Gasteiger partial charge in [-0.2, -0.15) is 5.06 Å². The lowest BCUT2D eigenvalue weighted by atomic mass is 9.95. The molecule has 1 atom stereocenters. The summed E-state index contributed by atoms with van der Waals surface area (Å²) in [5.74, 6) is 0.114. The standard InChI is InChI=1S/C13H26N2O4/c1-13(2,3)19-12(17)15-8-6-10(7-9-15)11(16)14(4)18-5/h10-11,16H,6-9H2,1-5H3. The third-order valence-corrected chi connectivity index (χ3v) is 3.27. The molecule has 0 spiro atoms. The predicted octanol–water partition coefficient (Wildman–Crippen LogP) is 1.45. The van der Waals surface area contributed by atoms with Gasteiger partial charge in [-0.25, -0.2) is 4.79 Å². The minimum atomic E-state index is -0.634. The van der Waals surface area contributed by atoms with Gasteiger partial charge in [0.15, 0.2) is 0 Å². The first-order chi connectivity index (χ1) is 8.74. The van der Waals surface area contributed by atoms with E-state index in [0.29, 0.717) is 13.1 Å². The van der Waals surface area contributed by atoms with Gasteiger partial charge >= 0.3 is 6.09 Å². The molecule has 0 radical (unpaired) electrons. The Morgan fingerprint density at radius 1 is 1.37 bits per heavy atom. The Morgan fingerprint density at radius 3 is 2.32 bits per heavy atom. The molecule has 1 N–H and O–H groups in total. The van der Waals surface area contributed by atoms with Crippen molar-refractivity contribution in [3.8, 4) is 0 Å². The van der Waals surface area contributed by atoms with Crippen molar-refractivity contribution in [3.63, 3.8) is 0 Å². The number of aliphatic hydroxyl groups excluding tert-OH is 1. The highest BCUT2D eigenvalue weighted by molar-refractivity contribution is 5.68. The van der Waals surface area contributed by atoms with E-state index >= 15 is 0 Å². The van der Waals surface area contributed by atoms with E-state index in [-0.39, 0.29) is 12.0 Å². The first kappa shape index (κ1) is 16.2. The highest BCUT2D eigenvalue weighted by Crippen LogP contribution is 2.23. The Morgan fingerprint density at radius 2 is 1.89 bits per heavy atom. The average molecular weight is 274 g/mol. The van der Waals surface area contributed by atoms with Crippen molar-refractivity contribution in [2.24, 2.45) is 5.92 Å². The molecule has 0 bridgehead atoms. The molecule has 1 heterocycles. The summed E-state index contributed by atoms with van der Waals surface area (Å²) in [5, 5.41) is 11.5. The van der Waals surface area contributed by atoms with E-state index in [4.69, 9.17) is 9.57 Å². The monoisotopic (exact) mass is 274 g/mol. The molecular formula is C13H26N2O4. The predicted molar refractivity (Wildman–Crippen MR) is 71.3 cm³/mol. The van der Waals surface area contributed by atoms with E-state index in [1.54, 1.807) is 11.9 Å². The second-order valence-corrected chi connectivity index (χ2v) is 5.95. The number of carbonyl (C=O) groups is 1. The van der Waals surface area contributed by atoms with Crippen molar-refractivity contribution in [1.29, 1.82) is 0 Å². The fourth-order valence-corrected chi connectivity index (χ4v) is 2.11. The van der Waals surface area contributed by atoms with E-state index in [1.165, 1.54) is 12.2 Å². The Bertz CT molecular complexity index is 296. The van der Waals surface area contributed by atoms with Gasteiger partial charge in [-0.1, -0.05) is 0 Å². The summed E-state index contributed by atoms with van der Waals surface area (Å²) in [4.78, 5) is 18.6. The Labute approximate surface area is 115 Å². The minimum Gasteiger partial charge on any atom is -0.444 e. The van der Waals surface area contributed by atoms with Gasteiger partial charge in [-0.3, -0.25) is 0 Å². The summed E-state index contributed by atoms with van der Waals surface area (Å²) in [6, 6.07) is 0. The Kier molecular flexibility index (Phi) is 5.58. The van der Waals surface area contributed by atoms with Crippen LogP contribution in [0.15, 0.2) is 0 Å². The van der Waals surface area contributed by atoms with Crippen LogP contribution >= 0.6 is 0 Å². The molecule has 0 aromatic carbocycles. The first-order valence-corrected chi connectivity index (χ1v) is 6.67. The van der Waals surface area contributed by atoms with Crippen molar-refractivity contribution in [3.05, 3.63) is 0 Å². The van der Waals surface area contributed by atoms with E-state index in [2.05, 4.69) is 0 Å². The van der Waals surface area contributed by atoms with E-state index < -0.39 is 11.8 Å². The maximum Gasteiger partial charge on any atom is 0.410 e. The van der Waals surface area contributed by atoms with Gasteiger partial charge in [-0.15, -0.1) is 0 Å². The van der Waals surface area contributed by atoms with Crippen LogP contribution < -0.4 is 0 Å². The lowest BCUT2D eigenvalue weighted by molar-refractivity contribution is -0.224. The molecule has 6 nitrogen and oxygen atoms in total. The summed E-state index contributed by atoms with van der Waals surface area (Å²) in [6.07, 6.45) is 0.577. The first-order valence-electron chi connectivity index (χ1n) is 6.67. The fraction of sp³-hybridized carbons (Fsp3) is 0.923. The molecule has 0 aliphatic carbocycles. The van der Waals surface area contributed by atoms with Crippen molar-refractivity contribution in [2.45, 2.75) is 45.4 Å². The highest BCUT2D eigenvalue weighted by Gasteiger charge is 2.31. The molecule has 1 fully saturated rings.